The number of aliphatic carboxylic acids is 1. The number of carboxylic acid groups (broad SMARTS) is 1. The first-order chi connectivity index (χ1) is 8.58. The molecule has 0 bridgehead atoms. The minimum absolute atomic E-state index is 0.309. The predicted molar refractivity (Wildman–Crippen MR) is 69.6 cm³/mol. The van der Waals surface area contributed by atoms with Gasteiger partial charge in [-0.2, -0.15) is 0 Å². The second-order valence-electron chi connectivity index (χ2n) is 4.73. The van der Waals surface area contributed by atoms with Gasteiger partial charge in [-0.05, 0) is 41.2 Å². The predicted octanol–water partition coefficient (Wildman–Crippen LogP) is 2.32. The Morgan fingerprint density at radius 3 is 3.00 bits per heavy atom. The largest absolute Gasteiger partial charge is 0.482 e. The van der Waals surface area contributed by atoms with Crippen LogP contribution >= 0.6 is 0 Å². The molecule has 96 valence electrons. The lowest BCUT2D eigenvalue weighted by Crippen LogP contribution is -2.11. The fraction of sp³-hybridized carbons (Fsp3) is 0.429. The summed E-state index contributed by atoms with van der Waals surface area (Å²) in [5, 5.41) is 8.61. The van der Waals surface area contributed by atoms with Crippen LogP contribution in [0.5, 0.6) is 5.75 Å². The standard InChI is InChI=1S/C14H17NO3/c1-9-6-15-7-11-3-4-12(18-8-14(16)17)5-13(11)10(9)2/h3-5,7,9-10H,6,8H2,1-2H3,(H,16,17). The number of carboxylic acids is 1. The number of ether oxygens (including phenoxy) is 1. The van der Waals surface area contributed by atoms with E-state index in [1.165, 1.54) is 5.56 Å². The van der Waals surface area contributed by atoms with E-state index < -0.39 is 5.97 Å². The molecule has 1 heterocycles. The van der Waals surface area contributed by atoms with Crippen LogP contribution in [0.3, 0.4) is 0 Å². The van der Waals surface area contributed by atoms with E-state index in [0.717, 1.165) is 12.1 Å². The van der Waals surface area contributed by atoms with Crippen LogP contribution in [-0.2, 0) is 4.79 Å². The number of hydrogen-bond donors (Lipinski definition) is 1. The number of nitrogens with zero attached hydrogens (tertiary/aromatic N) is 1. The topological polar surface area (TPSA) is 58.9 Å². The van der Waals surface area contributed by atoms with E-state index in [9.17, 15) is 4.79 Å². The molecule has 1 aliphatic rings. The van der Waals surface area contributed by atoms with Crippen molar-refractivity contribution in [1.82, 2.24) is 0 Å². The third-order valence-corrected chi connectivity index (χ3v) is 3.39. The summed E-state index contributed by atoms with van der Waals surface area (Å²) in [6.07, 6.45) is 1.89. The Hall–Kier alpha value is -1.84. The van der Waals surface area contributed by atoms with E-state index in [1.807, 2.05) is 18.3 Å². The van der Waals surface area contributed by atoms with Gasteiger partial charge in [0.15, 0.2) is 6.61 Å². The molecule has 0 amide bonds. The summed E-state index contributed by atoms with van der Waals surface area (Å²) in [5.41, 5.74) is 2.26. The SMILES string of the molecule is CC1CN=Cc2ccc(OCC(=O)O)cc2C1C. The molecule has 1 aromatic rings. The molecule has 1 N–H and O–H groups in total. The molecular weight excluding hydrogens is 230 g/mol. The van der Waals surface area contributed by atoms with Crippen molar-refractivity contribution in [3.63, 3.8) is 0 Å². The average Bonchev–Trinajstić information content (AvgIpc) is 2.48. The van der Waals surface area contributed by atoms with Gasteiger partial charge in [-0.25, -0.2) is 4.79 Å². The minimum atomic E-state index is -0.965. The molecular formula is C14H17NO3. The molecule has 1 aliphatic heterocycles. The van der Waals surface area contributed by atoms with Gasteiger partial charge in [-0.3, -0.25) is 4.99 Å². The Bertz CT molecular complexity index is 482. The van der Waals surface area contributed by atoms with E-state index in [1.54, 1.807) is 6.07 Å². The summed E-state index contributed by atoms with van der Waals surface area (Å²) < 4.78 is 5.21. The summed E-state index contributed by atoms with van der Waals surface area (Å²) in [5.74, 6) is 0.492. The smallest absolute Gasteiger partial charge is 0.341 e. The number of fused-ring (bicyclic) bond motifs is 1. The summed E-state index contributed by atoms with van der Waals surface area (Å²) in [7, 11) is 0. The second kappa shape index (κ2) is 5.21. The van der Waals surface area contributed by atoms with E-state index in [2.05, 4.69) is 18.8 Å². The number of aliphatic imine (C=N–C) groups is 1. The summed E-state index contributed by atoms with van der Waals surface area (Å²) in [6.45, 7) is 4.85. The molecule has 4 nitrogen and oxygen atoms in total. The van der Waals surface area contributed by atoms with E-state index in [4.69, 9.17) is 9.84 Å². The molecule has 1 aromatic carbocycles. The third kappa shape index (κ3) is 2.70. The van der Waals surface area contributed by atoms with Crippen LogP contribution in [-0.4, -0.2) is 30.4 Å². The van der Waals surface area contributed by atoms with E-state index >= 15 is 0 Å². The van der Waals surface area contributed by atoms with Crippen molar-refractivity contribution < 1.29 is 14.6 Å². The summed E-state index contributed by atoms with van der Waals surface area (Å²) in [4.78, 5) is 14.9. The third-order valence-electron chi connectivity index (χ3n) is 3.39. The summed E-state index contributed by atoms with van der Waals surface area (Å²) >= 11 is 0. The number of carbonyl (C=O) groups is 1. The maximum atomic E-state index is 10.5. The van der Waals surface area contributed by atoms with Gasteiger partial charge >= 0.3 is 5.97 Å². The van der Waals surface area contributed by atoms with Crippen molar-refractivity contribution in [1.29, 1.82) is 0 Å². The van der Waals surface area contributed by atoms with Crippen LogP contribution in [0.1, 0.15) is 30.9 Å². The Kier molecular flexibility index (Phi) is 3.65. The average molecular weight is 247 g/mol. The molecule has 0 radical (unpaired) electrons. The van der Waals surface area contributed by atoms with E-state index in [0.29, 0.717) is 17.6 Å². The van der Waals surface area contributed by atoms with Gasteiger partial charge in [0.25, 0.3) is 0 Å². The lowest BCUT2D eigenvalue weighted by atomic mass is 9.87. The zero-order valence-electron chi connectivity index (χ0n) is 10.6. The first-order valence-corrected chi connectivity index (χ1v) is 6.06. The van der Waals surface area contributed by atoms with Gasteiger partial charge in [0.05, 0.1) is 0 Å². The Labute approximate surface area is 106 Å². The van der Waals surface area contributed by atoms with Crippen molar-refractivity contribution in [2.45, 2.75) is 19.8 Å². The minimum Gasteiger partial charge on any atom is -0.482 e. The lowest BCUT2D eigenvalue weighted by Gasteiger charge is -2.18. The van der Waals surface area contributed by atoms with Gasteiger partial charge < -0.3 is 9.84 Å². The van der Waals surface area contributed by atoms with Gasteiger partial charge in [0, 0.05) is 12.8 Å². The first kappa shape index (κ1) is 12.6. The first-order valence-electron chi connectivity index (χ1n) is 6.06. The van der Waals surface area contributed by atoms with Crippen LogP contribution in [0.2, 0.25) is 0 Å². The number of benzene rings is 1. The Morgan fingerprint density at radius 2 is 2.28 bits per heavy atom. The molecule has 0 aliphatic carbocycles. The lowest BCUT2D eigenvalue weighted by molar-refractivity contribution is -0.139. The Balaban J connectivity index is 2.27. The molecule has 2 rings (SSSR count). The molecule has 2 unspecified atom stereocenters. The molecule has 0 saturated carbocycles. The molecule has 0 spiro atoms. The Morgan fingerprint density at radius 1 is 1.50 bits per heavy atom. The van der Waals surface area contributed by atoms with Crippen molar-refractivity contribution in [2.24, 2.45) is 10.9 Å². The quantitative estimate of drug-likeness (QED) is 0.891. The normalized spacial score (nSPS) is 22.1. The molecule has 0 aromatic heterocycles. The highest BCUT2D eigenvalue weighted by Crippen LogP contribution is 2.31. The molecule has 0 saturated heterocycles. The monoisotopic (exact) mass is 247 g/mol. The van der Waals surface area contributed by atoms with Gasteiger partial charge in [-0.1, -0.05) is 13.8 Å². The fourth-order valence-corrected chi connectivity index (χ4v) is 2.08. The maximum Gasteiger partial charge on any atom is 0.341 e. The molecule has 18 heavy (non-hydrogen) atoms. The van der Waals surface area contributed by atoms with Crippen LogP contribution in [0.25, 0.3) is 0 Å². The second-order valence-corrected chi connectivity index (χ2v) is 4.73. The van der Waals surface area contributed by atoms with Crippen molar-refractivity contribution >= 4 is 12.2 Å². The highest BCUT2D eigenvalue weighted by Gasteiger charge is 2.19. The van der Waals surface area contributed by atoms with Crippen molar-refractivity contribution in [2.75, 3.05) is 13.2 Å². The number of hydrogen-bond acceptors (Lipinski definition) is 3. The van der Waals surface area contributed by atoms with Gasteiger partial charge in [0.2, 0.25) is 0 Å². The van der Waals surface area contributed by atoms with Crippen LogP contribution in [0, 0.1) is 5.92 Å². The molecule has 0 fully saturated rings. The maximum absolute atomic E-state index is 10.5. The fourth-order valence-electron chi connectivity index (χ4n) is 2.08. The highest BCUT2D eigenvalue weighted by molar-refractivity contribution is 5.83. The van der Waals surface area contributed by atoms with Gasteiger partial charge in [0.1, 0.15) is 5.75 Å². The van der Waals surface area contributed by atoms with Crippen molar-refractivity contribution in [3.8, 4) is 5.75 Å². The van der Waals surface area contributed by atoms with Gasteiger partial charge in [-0.15, -0.1) is 0 Å². The zero-order valence-corrected chi connectivity index (χ0v) is 10.6. The van der Waals surface area contributed by atoms with Crippen LogP contribution in [0.15, 0.2) is 23.2 Å². The van der Waals surface area contributed by atoms with Crippen LogP contribution in [0.4, 0.5) is 0 Å². The zero-order chi connectivity index (χ0) is 13.1. The highest BCUT2D eigenvalue weighted by atomic mass is 16.5. The summed E-state index contributed by atoms with van der Waals surface area (Å²) in [6, 6.07) is 5.65. The van der Waals surface area contributed by atoms with Crippen molar-refractivity contribution in [3.05, 3.63) is 29.3 Å². The molecule has 4 heteroatoms. The van der Waals surface area contributed by atoms with E-state index in [-0.39, 0.29) is 6.61 Å². The number of rotatable bonds is 3. The molecule has 2 atom stereocenters. The van der Waals surface area contributed by atoms with Crippen LogP contribution < -0.4 is 4.74 Å².